The standard InChI is InChI=1S/C26H36O2/c1-3-5-7-9-11-18-23-19-13-15-21-25(23)28-26(27)24-20-14-12-17-22(24)16-10-8-6-4-2/h12-15,17,19-21H,3-11,16,18H2,1-2H3. The molecule has 2 rings (SSSR count). The van der Waals surface area contributed by atoms with Crippen molar-refractivity contribution in [1.29, 1.82) is 0 Å². The van der Waals surface area contributed by atoms with Gasteiger partial charge >= 0.3 is 5.97 Å². The van der Waals surface area contributed by atoms with Crippen molar-refractivity contribution in [2.24, 2.45) is 0 Å². The van der Waals surface area contributed by atoms with Crippen LogP contribution in [0.15, 0.2) is 48.5 Å². The average molecular weight is 381 g/mol. The number of ether oxygens (including phenoxy) is 1. The van der Waals surface area contributed by atoms with Crippen LogP contribution in [-0.4, -0.2) is 5.97 Å². The molecule has 152 valence electrons. The molecule has 0 radical (unpaired) electrons. The second-order valence-electron chi connectivity index (χ2n) is 7.63. The van der Waals surface area contributed by atoms with Gasteiger partial charge < -0.3 is 4.74 Å². The Morgan fingerprint density at radius 3 is 1.93 bits per heavy atom. The molecular formula is C26H36O2. The van der Waals surface area contributed by atoms with E-state index in [2.05, 4.69) is 26.0 Å². The molecule has 0 fully saturated rings. The Balaban J connectivity index is 1.99. The molecule has 0 unspecified atom stereocenters. The summed E-state index contributed by atoms with van der Waals surface area (Å²) in [6.45, 7) is 4.45. The first-order valence-corrected chi connectivity index (χ1v) is 11.1. The number of hydrogen-bond acceptors (Lipinski definition) is 2. The minimum atomic E-state index is -0.232. The summed E-state index contributed by atoms with van der Waals surface area (Å²) in [6, 6.07) is 15.9. The van der Waals surface area contributed by atoms with Crippen molar-refractivity contribution >= 4 is 5.97 Å². The molecule has 0 aliphatic carbocycles. The van der Waals surface area contributed by atoms with Crippen LogP contribution in [0, 0.1) is 0 Å². The molecule has 0 aliphatic heterocycles. The van der Waals surface area contributed by atoms with E-state index in [1.165, 1.54) is 44.9 Å². The topological polar surface area (TPSA) is 26.3 Å². The molecule has 2 aromatic rings. The third-order valence-electron chi connectivity index (χ3n) is 5.26. The molecule has 0 saturated heterocycles. The summed E-state index contributed by atoms with van der Waals surface area (Å²) in [5, 5.41) is 0. The van der Waals surface area contributed by atoms with Crippen LogP contribution in [0.2, 0.25) is 0 Å². The van der Waals surface area contributed by atoms with Crippen molar-refractivity contribution in [1.82, 2.24) is 0 Å². The van der Waals surface area contributed by atoms with Gasteiger partial charge in [-0.05, 0) is 48.9 Å². The van der Waals surface area contributed by atoms with E-state index in [1.807, 2.05) is 36.4 Å². The van der Waals surface area contributed by atoms with Crippen LogP contribution in [0.1, 0.15) is 93.1 Å². The Kier molecular flexibility index (Phi) is 10.4. The van der Waals surface area contributed by atoms with Gasteiger partial charge in [0.2, 0.25) is 0 Å². The van der Waals surface area contributed by atoms with Gasteiger partial charge in [-0.25, -0.2) is 4.79 Å². The van der Waals surface area contributed by atoms with Gasteiger partial charge in [0.05, 0.1) is 5.56 Å². The Labute approximate surface area is 171 Å². The SMILES string of the molecule is CCCCCCCc1ccccc1OC(=O)c1ccccc1CCCCCC. The second kappa shape index (κ2) is 13.1. The fourth-order valence-corrected chi connectivity index (χ4v) is 3.56. The van der Waals surface area contributed by atoms with Crippen molar-refractivity contribution in [3.05, 3.63) is 65.2 Å². The van der Waals surface area contributed by atoms with E-state index >= 15 is 0 Å². The van der Waals surface area contributed by atoms with E-state index in [0.29, 0.717) is 11.3 Å². The van der Waals surface area contributed by atoms with Gasteiger partial charge in [-0.3, -0.25) is 0 Å². The normalized spacial score (nSPS) is 10.8. The summed E-state index contributed by atoms with van der Waals surface area (Å²) in [4.78, 5) is 12.9. The molecule has 0 amide bonds. The number of hydrogen-bond donors (Lipinski definition) is 0. The Morgan fingerprint density at radius 1 is 0.679 bits per heavy atom. The molecule has 0 aliphatic rings. The lowest BCUT2D eigenvalue weighted by Gasteiger charge is -2.12. The van der Waals surface area contributed by atoms with E-state index in [-0.39, 0.29) is 5.97 Å². The number of para-hydroxylation sites is 1. The maximum Gasteiger partial charge on any atom is 0.343 e. The molecule has 0 heterocycles. The zero-order valence-electron chi connectivity index (χ0n) is 17.7. The zero-order chi connectivity index (χ0) is 20.0. The number of carbonyl (C=O) groups excluding carboxylic acids is 1. The Morgan fingerprint density at radius 2 is 1.21 bits per heavy atom. The van der Waals surface area contributed by atoms with Gasteiger partial charge in [0.25, 0.3) is 0 Å². The number of rotatable bonds is 13. The fourth-order valence-electron chi connectivity index (χ4n) is 3.56. The van der Waals surface area contributed by atoms with E-state index in [9.17, 15) is 4.79 Å². The van der Waals surface area contributed by atoms with E-state index in [0.717, 1.165) is 36.8 Å². The molecule has 0 N–H and O–H groups in total. The van der Waals surface area contributed by atoms with E-state index in [1.54, 1.807) is 0 Å². The lowest BCUT2D eigenvalue weighted by Crippen LogP contribution is -2.12. The van der Waals surface area contributed by atoms with Crippen molar-refractivity contribution in [3.63, 3.8) is 0 Å². The second-order valence-corrected chi connectivity index (χ2v) is 7.63. The Bertz CT molecular complexity index is 705. The molecule has 0 atom stereocenters. The van der Waals surface area contributed by atoms with Crippen LogP contribution in [0.3, 0.4) is 0 Å². The fraction of sp³-hybridized carbons (Fsp3) is 0.500. The molecule has 2 aromatic carbocycles. The monoisotopic (exact) mass is 380 g/mol. The van der Waals surface area contributed by atoms with Crippen molar-refractivity contribution in [2.75, 3.05) is 0 Å². The number of esters is 1. The van der Waals surface area contributed by atoms with Crippen molar-refractivity contribution in [3.8, 4) is 5.75 Å². The number of benzene rings is 2. The molecular weight excluding hydrogens is 344 g/mol. The third-order valence-corrected chi connectivity index (χ3v) is 5.26. The van der Waals surface area contributed by atoms with Crippen LogP contribution < -0.4 is 4.74 Å². The summed E-state index contributed by atoms with van der Waals surface area (Å²) in [7, 11) is 0. The maximum absolute atomic E-state index is 12.9. The molecule has 0 bridgehead atoms. The zero-order valence-corrected chi connectivity index (χ0v) is 17.7. The van der Waals surface area contributed by atoms with Gasteiger partial charge in [0.1, 0.15) is 5.75 Å². The highest BCUT2D eigenvalue weighted by atomic mass is 16.5. The predicted octanol–water partition coefficient (Wildman–Crippen LogP) is 7.54. The van der Waals surface area contributed by atoms with Gasteiger partial charge in [0.15, 0.2) is 0 Å². The molecule has 0 saturated carbocycles. The maximum atomic E-state index is 12.9. The minimum absolute atomic E-state index is 0.232. The van der Waals surface area contributed by atoms with E-state index in [4.69, 9.17) is 4.74 Å². The summed E-state index contributed by atoms with van der Waals surface area (Å²) in [5.74, 6) is 0.480. The van der Waals surface area contributed by atoms with Crippen LogP contribution in [0.25, 0.3) is 0 Å². The quantitative estimate of drug-likeness (QED) is 0.204. The Hall–Kier alpha value is -2.09. The van der Waals surface area contributed by atoms with Gasteiger partial charge in [0, 0.05) is 0 Å². The first kappa shape index (κ1) is 22.2. The molecule has 0 aromatic heterocycles. The number of aryl methyl sites for hydroxylation is 2. The highest BCUT2D eigenvalue weighted by Crippen LogP contribution is 2.23. The van der Waals surface area contributed by atoms with Gasteiger partial charge in [-0.2, -0.15) is 0 Å². The third kappa shape index (κ3) is 7.50. The summed E-state index contributed by atoms with van der Waals surface area (Å²) in [6.07, 6.45) is 12.9. The predicted molar refractivity (Wildman–Crippen MR) is 118 cm³/mol. The van der Waals surface area contributed by atoms with Gasteiger partial charge in [-0.15, -0.1) is 0 Å². The minimum Gasteiger partial charge on any atom is -0.423 e. The lowest BCUT2D eigenvalue weighted by atomic mass is 10.0. The first-order valence-electron chi connectivity index (χ1n) is 11.1. The average Bonchev–Trinajstić information content (AvgIpc) is 2.72. The number of carbonyl (C=O) groups is 1. The van der Waals surface area contributed by atoms with Crippen LogP contribution in [0.5, 0.6) is 5.75 Å². The van der Waals surface area contributed by atoms with Crippen LogP contribution in [0.4, 0.5) is 0 Å². The molecule has 28 heavy (non-hydrogen) atoms. The highest BCUT2D eigenvalue weighted by molar-refractivity contribution is 5.92. The lowest BCUT2D eigenvalue weighted by molar-refractivity contribution is 0.0732. The summed E-state index contributed by atoms with van der Waals surface area (Å²) >= 11 is 0. The highest BCUT2D eigenvalue weighted by Gasteiger charge is 2.15. The molecule has 2 nitrogen and oxygen atoms in total. The van der Waals surface area contributed by atoms with Crippen molar-refractivity contribution < 1.29 is 9.53 Å². The van der Waals surface area contributed by atoms with Crippen LogP contribution in [-0.2, 0) is 12.8 Å². The summed E-state index contributed by atoms with van der Waals surface area (Å²) < 4.78 is 5.84. The largest absolute Gasteiger partial charge is 0.423 e. The van der Waals surface area contributed by atoms with Crippen LogP contribution >= 0.6 is 0 Å². The summed E-state index contributed by atoms with van der Waals surface area (Å²) in [5.41, 5.74) is 2.94. The van der Waals surface area contributed by atoms with Gasteiger partial charge in [-0.1, -0.05) is 95.2 Å². The first-order chi connectivity index (χ1) is 13.8. The molecule has 2 heteroatoms. The van der Waals surface area contributed by atoms with E-state index < -0.39 is 0 Å². The van der Waals surface area contributed by atoms with Crippen molar-refractivity contribution in [2.45, 2.75) is 84.5 Å². The molecule has 0 spiro atoms. The number of unbranched alkanes of at least 4 members (excludes halogenated alkanes) is 7. The smallest absolute Gasteiger partial charge is 0.343 e.